The third-order valence-corrected chi connectivity index (χ3v) is 6.25. The first kappa shape index (κ1) is 15.2. The van der Waals surface area contributed by atoms with E-state index in [9.17, 15) is 8.42 Å². The first-order valence-electron chi connectivity index (χ1n) is 6.32. The van der Waals surface area contributed by atoms with Gasteiger partial charge in [-0.25, -0.2) is 8.42 Å². The van der Waals surface area contributed by atoms with Crippen molar-refractivity contribution >= 4 is 21.4 Å². The molecule has 0 aliphatic heterocycles. The Kier molecular flexibility index (Phi) is 4.98. The minimum absolute atomic E-state index is 0.255. The minimum Gasteiger partial charge on any atom is -0.468 e. The van der Waals surface area contributed by atoms with Gasteiger partial charge in [-0.15, -0.1) is 11.3 Å². The fourth-order valence-electron chi connectivity index (χ4n) is 1.86. The van der Waals surface area contributed by atoms with Gasteiger partial charge < -0.3 is 9.73 Å². The Labute approximate surface area is 123 Å². The van der Waals surface area contributed by atoms with E-state index in [0.29, 0.717) is 23.1 Å². The average Bonchev–Trinajstić information content (AvgIpc) is 3.07. The molecule has 0 bridgehead atoms. The molecule has 110 valence electrons. The van der Waals surface area contributed by atoms with Crippen molar-refractivity contribution < 1.29 is 12.8 Å². The second-order valence-corrected chi connectivity index (χ2v) is 7.39. The number of nitrogens with zero attached hydrogens (tertiary/aromatic N) is 1. The summed E-state index contributed by atoms with van der Waals surface area (Å²) in [6.07, 6.45) is 1.55. The number of thiophene rings is 1. The third kappa shape index (κ3) is 3.29. The standard InChI is InChI=1S/C13H18N2O3S2/c1-3-15(9-12-5-4-6-18-12)20(16,17)13-7-11(8-14-2)10-19-13/h4-7,10,14H,3,8-9H2,1-2H3. The Hall–Kier alpha value is -1.15. The molecule has 20 heavy (non-hydrogen) atoms. The predicted molar refractivity (Wildman–Crippen MR) is 79.1 cm³/mol. The Morgan fingerprint density at radius 3 is 2.85 bits per heavy atom. The highest BCUT2D eigenvalue weighted by atomic mass is 32.2. The maximum Gasteiger partial charge on any atom is 0.252 e. The van der Waals surface area contributed by atoms with Crippen molar-refractivity contribution in [1.29, 1.82) is 0 Å². The molecule has 0 radical (unpaired) electrons. The van der Waals surface area contributed by atoms with Gasteiger partial charge in [-0.2, -0.15) is 4.31 Å². The summed E-state index contributed by atoms with van der Waals surface area (Å²) in [6, 6.07) is 5.26. The van der Waals surface area contributed by atoms with Gasteiger partial charge in [0.25, 0.3) is 10.0 Å². The summed E-state index contributed by atoms with van der Waals surface area (Å²) in [6.45, 7) is 3.15. The number of sulfonamides is 1. The van der Waals surface area contributed by atoms with Crippen LogP contribution in [0.1, 0.15) is 18.2 Å². The number of hydrogen-bond donors (Lipinski definition) is 1. The lowest BCUT2D eigenvalue weighted by atomic mass is 10.3. The highest BCUT2D eigenvalue weighted by Crippen LogP contribution is 2.25. The Bertz CT molecular complexity index is 632. The topological polar surface area (TPSA) is 62.6 Å². The van der Waals surface area contributed by atoms with Gasteiger partial charge in [0.1, 0.15) is 9.97 Å². The van der Waals surface area contributed by atoms with E-state index in [1.54, 1.807) is 24.5 Å². The van der Waals surface area contributed by atoms with Gasteiger partial charge in [0.15, 0.2) is 0 Å². The number of hydrogen-bond acceptors (Lipinski definition) is 5. The Balaban J connectivity index is 2.21. The van der Waals surface area contributed by atoms with E-state index < -0.39 is 10.0 Å². The number of nitrogens with one attached hydrogen (secondary N) is 1. The van der Waals surface area contributed by atoms with E-state index >= 15 is 0 Å². The van der Waals surface area contributed by atoms with Crippen LogP contribution in [-0.2, 0) is 23.1 Å². The van der Waals surface area contributed by atoms with Crippen LogP contribution in [0.15, 0.2) is 38.5 Å². The van der Waals surface area contributed by atoms with E-state index in [1.165, 1.54) is 15.6 Å². The highest BCUT2D eigenvalue weighted by molar-refractivity contribution is 7.91. The van der Waals surface area contributed by atoms with Crippen molar-refractivity contribution in [2.45, 2.75) is 24.2 Å². The summed E-state index contributed by atoms with van der Waals surface area (Å²) in [5.41, 5.74) is 0.977. The summed E-state index contributed by atoms with van der Waals surface area (Å²) >= 11 is 1.25. The molecular weight excluding hydrogens is 296 g/mol. The van der Waals surface area contributed by atoms with Crippen LogP contribution in [0.3, 0.4) is 0 Å². The van der Waals surface area contributed by atoms with Gasteiger partial charge >= 0.3 is 0 Å². The molecule has 2 aromatic heterocycles. The summed E-state index contributed by atoms with van der Waals surface area (Å²) in [4.78, 5) is 0. The van der Waals surface area contributed by atoms with Crippen LogP contribution in [0.25, 0.3) is 0 Å². The molecule has 0 saturated carbocycles. The van der Waals surface area contributed by atoms with E-state index in [4.69, 9.17) is 4.42 Å². The normalized spacial score (nSPS) is 12.2. The van der Waals surface area contributed by atoms with Crippen LogP contribution in [0, 0.1) is 0 Å². The molecule has 0 fully saturated rings. The molecule has 2 rings (SSSR count). The van der Waals surface area contributed by atoms with Crippen LogP contribution in [0.4, 0.5) is 0 Å². The van der Waals surface area contributed by atoms with E-state index in [1.807, 2.05) is 19.4 Å². The van der Waals surface area contributed by atoms with Gasteiger partial charge in [-0.05, 0) is 36.2 Å². The zero-order valence-corrected chi connectivity index (χ0v) is 13.1. The fraction of sp³-hybridized carbons (Fsp3) is 0.385. The largest absolute Gasteiger partial charge is 0.468 e. The van der Waals surface area contributed by atoms with Crippen molar-refractivity contribution in [1.82, 2.24) is 9.62 Å². The van der Waals surface area contributed by atoms with Crippen LogP contribution >= 0.6 is 11.3 Å². The average molecular weight is 314 g/mol. The zero-order chi connectivity index (χ0) is 14.6. The SMILES string of the molecule is CCN(Cc1ccco1)S(=O)(=O)c1cc(CNC)cs1. The second kappa shape index (κ2) is 6.53. The van der Waals surface area contributed by atoms with Crippen molar-refractivity contribution in [2.75, 3.05) is 13.6 Å². The molecule has 0 unspecified atom stereocenters. The minimum atomic E-state index is -3.46. The fourth-order valence-corrected chi connectivity index (χ4v) is 4.63. The molecule has 0 amide bonds. The van der Waals surface area contributed by atoms with Gasteiger partial charge in [-0.3, -0.25) is 0 Å². The first-order chi connectivity index (χ1) is 9.57. The molecule has 2 aromatic rings. The summed E-state index contributed by atoms with van der Waals surface area (Å²) in [7, 11) is -1.63. The lowest BCUT2D eigenvalue weighted by Crippen LogP contribution is -2.29. The zero-order valence-electron chi connectivity index (χ0n) is 11.5. The Morgan fingerprint density at radius 1 is 1.45 bits per heavy atom. The van der Waals surface area contributed by atoms with Crippen LogP contribution in [0.5, 0.6) is 0 Å². The molecule has 0 saturated heterocycles. The maximum absolute atomic E-state index is 12.6. The van der Waals surface area contributed by atoms with Gasteiger partial charge in [0, 0.05) is 13.1 Å². The number of furan rings is 1. The summed E-state index contributed by atoms with van der Waals surface area (Å²) in [5, 5.41) is 4.88. The van der Waals surface area contributed by atoms with E-state index in [2.05, 4.69) is 5.32 Å². The molecule has 0 aliphatic rings. The van der Waals surface area contributed by atoms with Crippen LogP contribution in [-0.4, -0.2) is 26.3 Å². The Morgan fingerprint density at radius 2 is 2.25 bits per heavy atom. The van der Waals surface area contributed by atoms with Crippen LogP contribution < -0.4 is 5.32 Å². The molecule has 7 heteroatoms. The molecule has 1 N–H and O–H groups in total. The third-order valence-electron chi connectivity index (χ3n) is 2.87. The second-order valence-electron chi connectivity index (χ2n) is 4.31. The summed E-state index contributed by atoms with van der Waals surface area (Å²) < 4.78 is 32.2. The van der Waals surface area contributed by atoms with Gasteiger partial charge in [0.05, 0.1) is 12.8 Å². The molecule has 0 aromatic carbocycles. The summed E-state index contributed by atoms with van der Waals surface area (Å²) in [5.74, 6) is 0.641. The predicted octanol–water partition coefficient (Wildman–Crippen LogP) is 2.27. The van der Waals surface area contributed by atoms with Gasteiger partial charge in [-0.1, -0.05) is 6.92 Å². The molecule has 2 heterocycles. The molecule has 5 nitrogen and oxygen atoms in total. The van der Waals surface area contributed by atoms with E-state index in [0.717, 1.165) is 5.56 Å². The smallest absolute Gasteiger partial charge is 0.252 e. The monoisotopic (exact) mass is 314 g/mol. The first-order valence-corrected chi connectivity index (χ1v) is 8.64. The van der Waals surface area contributed by atoms with Crippen molar-refractivity contribution in [3.63, 3.8) is 0 Å². The molecule has 0 atom stereocenters. The van der Waals surface area contributed by atoms with Crippen LogP contribution in [0.2, 0.25) is 0 Å². The lowest BCUT2D eigenvalue weighted by Gasteiger charge is -2.18. The molecular formula is C13H18N2O3S2. The van der Waals surface area contributed by atoms with Crippen molar-refractivity contribution in [2.24, 2.45) is 0 Å². The van der Waals surface area contributed by atoms with Crippen molar-refractivity contribution in [3.05, 3.63) is 41.2 Å². The van der Waals surface area contributed by atoms with Gasteiger partial charge in [0.2, 0.25) is 0 Å². The maximum atomic E-state index is 12.6. The molecule has 0 spiro atoms. The highest BCUT2D eigenvalue weighted by Gasteiger charge is 2.25. The lowest BCUT2D eigenvalue weighted by molar-refractivity contribution is 0.376. The quantitative estimate of drug-likeness (QED) is 0.851. The van der Waals surface area contributed by atoms with E-state index in [-0.39, 0.29) is 6.54 Å². The van der Waals surface area contributed by atoms with Crippen molar-refractivity contribution in [3.8, 4) is 0 Å². The number of rotatable bonds is 7. The molecule has 0 aliphatic carbocycles.